The van der Waals surface area contributed by atoms with Gasteiger partial charge in [0.05, 0.1) is 19.8 Å². The highest BCUT2D eigenvalue weighted by molar-refractivity contribution is 5.79. The van der Waals surface area contributed by atoms with Crippen LogP contribution in [-0.4, -0.2) is 55.4 Å². The van der Waals surface area contributed by atoms with Crippen molar-refractivity contribution in [2.45, 2.75) is 32.5 Å². The number of fused-ring (bicyclic) bond motifs is 1. The van der Waals surface area contributed by atoms with Crippen LogP contribution >= 0.6 is 0 Å². The van der Waals surface area contributed by atoms with Crippen molar-refractivity contribution in [3.63, 3.8) is 0 Å². The van der Waals surface area contributed by atoms with Crippen molar-refractivity contribution in [2.75, 3.05) is 33.3 Å². The lowest BCUT2D eigenvalue weighted by Gasteiger charge is -2.30. The van der Waals surface area contributed by atoms with E-state index >= 15 is 0 Å². The number of guanidine groups is 1. The summed E-state index contributed by atoms with van der Waals surface area (Å²) in [6.07, 6.45) is 0.585. The molecule has 3 N–H and O–H groups in total. The van der Waals surface area contributed by atoms with Gasteiger partial charge in [-0.1, -0.05) is 36.4 Å². The number of aliphatic hydroxyl groups excluding tert-OH is 1. The molecule has 156 valence electrons. The zero-order valence-electron chi connectivity index (χ0n) is 17.4. The van der Waals surface area contributed by atoms with Gasteiger partial charge in [-0.25, -0.2) is 4.99 Å². The number of aliphatic hydroxyl groups is 1. The number of benzene rings is 2. The van der Waals surface area contributed by atoms with Crippen LogP contribution in [0.3, 0.4) is 0 Å². The van der Waals surface area contributed by atoms with E-state index < -0.39 is 6.10 Å². The number of hydrogen-bond acceptors (Lipinski definition) is 4. The molecule has 6 nitrogen and oxygen atoms in total. The van der Waals surface area contributed by atoms with E-state index in [4.69, 9.17) is 4.74 Å². The van der Waals surface area contributed by atoms with E-state index in [0.717, 1.165) is 37.4 Å². The largest absolute Gasteiger partial charge is 0.497 e. The van der Waals surface area contributed by atoms with Crippen LogP contribution in [0.25, 0.3) is 0 Å². The van der Waals surface area contributed by atoms with Gasteiger partial charge in [-0.2, -0.15) is 0 Å². The van der Waals surface area contributed by atoms with E-state index in [-0.39, 0.29) is 0 Å². The molecule has 6 heteroatoms. The molecule has 2 aromatic rings. The predicted molar refractivity (Wildman–Crippen MR) is 117 cm³/mol. The lowest BCUT2D eigenvalue weighted by Crippen LogP contribution is -2.45. The molecule has 2 aromatic carbocycles. The van der Waals surface area contributed by atoms with Crippen LogP contribution in [0.4, 0.5) is 0 Å². The van der Waals surface area contributed by atoms with Gasteiger partial charge in [-0.3, -0.25) is 4.90 Å². The van der Waals surface area contributed by atoms with Gasteiger partial charge in [0.1, 0.15) is 5.75 Å². The number of ether oxygens (including phenoxy) is 1. The third kappa shape index (κ3) is 6.48. The van der Waals surface area contributed by atoms with Crippen molar-refractivity contribution in [1.82, 2.24) is 15.5 Å². The van der Waals surface area contributed by atoms with Gasteiger partial charge >= 0.3 is 0 Å². The molecule has 1 aliphatic heterocycles. The Balaban J connectivity index is 1.49. The molecule has 1 aliphatic rings. The summed E-state index contributed by atoms with van der Waals surface area (Å²) in [6, 6.07) is 16.5. The number of hydrogen-bond donors (Lipinski definition) is 3. The summed E-state index contributed by atoms with van der Waals surface area (Å²) in [7, 11) is 1.66. The van der Waals surface area contributed by atoms with E-state index in [0.29, 0.717) is 25.6 Å². The fraction of sp³-hybridized carbons (Fsp3) is 0.435. The summed E-state index contributed by atoms with van der Waals surface area (Å²) in [5, 5.41) is 17.0. The second-order valence-corrected chi connectivity index (χ2v) is 7.34. The quantitative estimate of drug-likeness (QED) is 0.471. The number of β-amino-alcohol motifs (C(OH)–C–C–N with tert-alkyl or cyclic N) is 1. The smallest absolute Gasteiger partial charge is 0.191 e. The van der Waals surface area contributed by atoms with Crippen molar-refractivity contribution in [3.8, 4) is 5.75 Å². The highest BCUT2D eigenvalue weighted by Crippen LogP contribution is 2.18. The van der Waals surface area contributed by atoms with E-state index in [1.54, 1.807) is 7.11 Å². The minimum Gasteiger partial charge on any atom is -0.497 e. The van der Waals surface area contributed by atoms with Crippen LogP contribution < -0.4 is 15.4 Å². The molecule has 1 heterocycles. The molecule has 1 atom stereocenters. The molecule has 0 fully saturated rings. The van der Waals surface area contributed by atoms with Crippen LogP contribution in [-0.2, 0) is 19.5 Å². The minimum absolute atomic E-state index is 0.457. The van der Waals surface area contributed by atoms with Crippen molar-refractivity contribution in [2.24, 2.45) is 4.99 Å². The van der Waals surface area contributed by atoms with E-state index in [1.807, 2.05) is 31.2 Å². The van der Waals surface area contributed by atoms with Gasteiger partial charge in [0.2, 0.25) is 0 Å². The lowest BCUT2D eigenvalue weighted by molar-refractivity contribution is 0.108. The van der Waals surface area contributed by atoms with Crippen molar-refractivity contribution in [3.05, 3.63) is 65.2 Å². The minimum atomic E-state index is -0.457. The van der Waals surface area contributed by atoms with Gasteiger partial charge in [0.15, 0.2) is 5.96 Å². The van der Waals surface area contributed by atoms with Crippen LogP contribution in [0.5, 0.6) is 5.75 Å². The third-order valence-electron chi connectivity index (χ3n) is 5.08. The summed E-state index contributed by atoms with van der Waals surface area (Å²) < 4.78 is 5.26. The SMILES string of the molecule is CCNC(=NCc1cccc(OC)c1)NCC(O)CN1CCc2ccccc2C1. The highest BCUT2D eigenvalue weighted by atomic mass is 16.5. The van der Waals surface area contributed by atoms with Gasteiger partial charge < -0.3 is 20.5 Å². The molecule has 0 amide bonds. The van der Waals surface area contributed by atoms with Crippen molar-refractivity contribution >= 4 is 5.96 Å². The highest BCUT2D eigenvalue weighted by Gasteiger charge is 2.18. The normalized spacial score (nSPS) is 15.5. The number of methoxy groups -OCH3 is 1. The molecule has 0 radical (unpaired) electrons. The topological polar surface area (TPSA) is 69.1 Å². The number of rotatable bonds is 8. The second-order valence-electron chi connectivity index (χ2n) is 7.34. The Bertz CT molecular complexity index is 809. The molecular weight excluding hydrogens is 364 g/mol. The summed E-state index contributed by atoms with van der Waals surface area (Å²) in [6.45, 7) is 6.34. The average molecular weight is 397 g/mol. The molecule has 29 heavy (non-hydrogen) atoms. The van der Waals surface area contributed by atoms with Crippen molar-refractivity contribution in [1.29, 1.82) is 0 Å². The first-order chi connectivity index (χ1) is 14.2. The Morgan fingerprint density at radius 1 is 1.17 bits per heavy atom. The average Bonchev–Trinajstić information content (AvgIpc) is 2.75. The summed E-state index contributed by atoms with van der Waals surface area (Å²) in [4.78, 5) is 6.94. The molecule has 3 rings (SSSR count). The standard InChI is InChI=1S/C23H32N4O2/c1-3-24-23(25-14-18-7-6-10-22(13-18)29-2)26-15-21(28)17-27-12-11-19-8-4-5-9-20(19)16-27/h4-10,13,21,28H,3,11-12,14-17H2,1-2H3,(H2,24,25,26). The van der Waals surface area contributed by atoms with E-state index in [1.165, 1.54) is 11.1 Å². The number of nitrogens with zero attached hydrogens (tertiary/aromatic N) is 2. The van der Waals surface area contributed by atoms with Crippen molar-refractivity contribution < 1.29 is 9.84 Å². The molecule has 0 saturated heterocycles. The molecular formula is C23H32N4O2. The summed E-state index contributed by atoms with van der Waals surface area (Å²) >= 11 is 0. The number of aliphatic imine (C=N–C) groups is 1. The Labute approximate surface area is 173 Å². The fourth-order valence-corrected chi connectivity index (χ4v) is 3.57. The monoisotopic (exact) mass is 396 g/mol. The fourth-order valence-electron chi connectivity index (χ4n) is 3.57. The molecule has 0 aromatic heterocycles. The van der Waals surface area contributed by atoms with E-state index in [9.17, 15) is 5.11 Å². The summed E-state index contributed by atoms with van der Waals surface area (Å²) in [5.41, 5.74) is 3.87. The number of nitrogens with one attached hydrogen (secondary N) is 2. The zero-order valence-corrected chi connectivity index (χ0v) is 17.4. The first-order valence-electron chi connectivity index (χ1n) is 10.3. The Morgan fingerprint density at radius 3 is 2.79 bits per heavy atom. The molecule has 1 unspecified atom stereocenters. The third-order valence-corrected chi connectivity index (χ3v) is 5.08. The maximum atomic E-state index is 10.5. The molecule has 0 spiro atoms. The van der Waals surface area contributed by atoms with Crippen LogP contribution in [0.2, 0.25) is 0 Å². The van der Waals surface area contributed by atoms with Gasteiger partial charge in [0, 0.05) is 32.7 Å². The zero-order chi connectivity index (χ0) is 20.5. The van der Waals surface area contributed by atoms with Gasteiger partial charge in [-0.15, -0.1) is 0 Å². The van der Waals surface area contributed by atoms with Crippen LogP contribution in [0.15, 0.2) is 53.5 Å². The Kier molecular flexibility index (Phi) is 7.90. The Morgan fingerprint density at radius 2 is 2.00 bits per heavy atom. The van der Waals surface area contributed by atoms with Crippen LogP contribution in [0.1, 0.15) is 23.6 Å². The predicted octanol–water partition coefficient (Wildman–Crippen LogP) is 2.17. The van der Waals surface area contributed by atoms with Gasteiger partial charge in [0.25, 0.3) is 0 Å². The van der Waals surface area contributed by atoms with E-state index in [2.05, 4.69) is 44.8 Å². The maximum absolute atomic E-state index is 10.5. The first kappa shape index (κ1) is 21.1. The molecule has 0 saturated carbocycles. The maximum Gasteiger partial charge on any atom is 0.191 e. The summed E-state index contributed by atoms with van der Waals surface area (Å²) in [5.74, 6) is 1.53. The lowest BCUT2D eigenvalue weighted by atomic mass is 10.00. The second kappa shape index (κ2) is 10.8. The molecule has 0 bridgehead atoms. The molecule has 0 aliphatic carbocycles. The Hall–Kier alpha value is -2.57. The van der Waals surface area contributed by atoms with Crippen LogP contribution in [0, 0.1) is 0 Å². The first-order valence-corrected chi connectivity index (χ1v) is 10.3. The van der Waals surface area contributed by atoms with Gasteiger partial charge in [-0.05, 0) is 42.2 Å².